The molecule has 0 radical (unpaired) electrons. The molecule has 0 saturated heterocycles. The van der Waals surface area contributed by atoms with Crippen molar-refractivity contribution in [3.63, 3.8) is 0 Å². The normalized spacial score (nSPS) is 12.8. The summed E-state index contributed by atoms with van der Waals surface area (Å²) in [6.07, 6.45) is 0. The molecule has 7 nitrogen and oxygen atoms in total. The van der Waals surface area contributed by atoms with E-state index >= 15 is 0 Å². The maximum atomic E-state index is 11.3. The molecule has 1 rings (SSSR count). The second-order valence-corrected chi connectivity index (χ2v) is 3.64. The minimum absolute atomic E-state index is 0. The van der Waals surface area contributed by atoms with Gasteiger partial charge < -0.3 is 11.1 Å². The highest BCUT2D eigenvalue weighted by Gasteiger charge is 2.28. The van der Waals surface area contributed by atoms with E-state index in [9.17, 15) is 4.79 Å². The van der Waals surface area contributed by atoms with E-state index in [4.69, 9.17) is 5.73 Å². The number of nitrogens with one attached hydrogen (secondary N) is 2. The molecule has 8 heteroatoms. The number of hydrogen-bond donors (Lipinski definition) is 3. The van der Waals surface area contributed by atoms with Crippen LogP contribution in [0.1, 0.15) is 26.6 Å². The van der Waals surface area contributed by atoms with Crippen molar-refractivity contribution >= 4 is 18.3 Å². The van der Waals surface area contributed by atoms with Gasteiger partial charge in [0.1, 0.15) is 0 Å². The van der Waals surface area contributed by atoms with Crippen molar-refractivity contribution in [2.45, 2.75) is 32.4 Å². The molecule has 4 N–H and O–H groups in total. The van der Waals surface area contributed by atoms with Crippen LogP contribution in [0.25, 0.3) is 0 Å². The fourth-order valence-electron chi connectivity index (χ4n) is 0.904. The molecule has 0 fully saturated rings. The summed E-state index contributed by atoms with van der Waals surface area (Å²) in [5.74, 6) is 0.173. The topological polar surface area (TPSA) is 110 Å². The zero-order chi connectivity index (χ0) is 10.8. The maximum absolute atomic E-state index is 11.3. The molecule has 15 heavy (non-hydrogen) atoms. The zero-order valence-electron chi connectivity index (χ0n) is 8.81. The number of hydrogen-bond acceptors (Lipinski definition) is 5. The molecule has 1 unspecified atom stereocenters. The van der Waals surface area contributed by atoms with Gasteiger partial charge in [0.25, 0.3) is 0 Å². The number of tetrazole rings is 1. The van der Waals surface area contributed by atoms with Crippen LogP contribution in [0.4, 0.5) is 0 Å². The fraction of sp³-hybridized carbons (Fsp3) is 0.714. The average molecular weight is 235 g/mol. The van der Waals surface area contributed by atoms with E-state index in [0.717, 1.165) is 0 Å². The summed E-state index contributed by atoms with van der Waals surface area (Å²) in [6.45, 7) is 5.16. The van der Waals surface area contributed by atoms with E-state index in [-0.39, 0.29) is 18.3 Å². The van der Waals surface area contributed by atoms with Gasteiger partial charge in [0.05, 0.1) is 11.6 Å². The van der Waals surface area contributed by atoms with E-state index < -0.39 is 11.6 Å². The van der Waals surface area contributed by atoms with Gasteiger partial charge in [-0.15, -0.1) is 22.6 Å². The number of carbonyl (C=O) groups is 1. The van der Waals surface area contributed by atoms with Crippen molar-refractivity contribution in [2.75, 3.05) is 0 Å². The van der Waals surface area contributed by atoms with Gasteiger partial charge in [-0.1, -0.05) is 5.21 Å². The van der Waals surface area contributed by atoms with Crippen molar-refractivity contribution in [3.8, 4) is 0 Å². The van der Waals surface area contributed by atoms with Crippen LogP contribution in [0.2, 0.25) is 0 Å². The molecule has 1 atom stereocenters. The Morgan fingerprint density at radius 3 is 2.60 bits per heavy atom. The third kappa shape index (κ3) is 3.45. The summed E-state index contributed by atoms with van der Waals surface area (Å²) in [6, 6.07) is -0.554. The lowest BCUT2D eigenvalue weighted by molar-refractivity contribution is -0.123. The molecule has 0 bridgehead atoms. The number of carbonyl (C=O) groups excluding carboxylic acids is 1. The lowest BCUT2D eigenvalue weighted by Gasteiger charge is -2.23. The van der Waals surface area contributed by atoms with E-state index in [2.05, 4.69) is 25.9 Å². The van der Waals surface area contributed by atoms with Gasteiger partial charge in [0.2, 0.25) is 5.91 Å². The summed E-state index contributed by atoms with van der Waals surface area (Å²) in [4.78, 5) is 11.3. The predicted molar refractivity (Wildman–Crippen MR) is 56.2 cm³/mol. The van der Waals surface area contributed by atoms with Gasteiger partial charge in [-0.2, -0.15) is 5.21 Å². The maximum Gasteiger partial charge on any atom is 0.237 e. The van der Waals surface area contributed by atoms with Crippen LogP contribution in [0.5, 0.6) is 0 Å². The molecule has 0 aliphatic carbocycles. The number of aromatic nitrogens is 4. The van der Waals surface area contributed by atoms with Crippen LogP contribution in [0.3, 0.4) is 0 Å². The minimum Gasteiger partial charge on any atom is -0.342 e. The highest BCUT2D eigenvalue weighted by molar-refractivity contribution is 5.85. The molecule has 86 valence electrons. The number of nitrogens with zero attached hydrogens (tertiary/aromatic N) is 3. The molecule has 1 heterocycles. The van der Waals surface area contributed by atoms with Crippen molar-refractivity contribution in [3.05, 3.63) is 5.82 Å². The van der Waals surface area contributed by atoms with E-state index in [0.29, 0.717) is 5.82 Å². The van der Waals surface area contributed by atoms with Crippen LogP contribution in [-0.2, 0) is 10.3 Å². The van der Waals surface area contributed by atoms with E-state index in [1.807, 2.05) is 0 Å². The zero-order valence-corrected chi connectivity index (χ0v) is 9.63. The van der Waals surface area contributed by atoms with Crippen molar-refractivity contribution < 1.29 is 4.79 Å². The Bertz CT molecular complexity index is 309. The summed E-state index contributed by atoms with van der Waals surface area (Å²) in [5, 5.41) is 16.1. The molecule has 0 aromatic carbocycles. The quantitative estimate of drug-likeness (QED) is 0.642. The van der Waals surface area contributed by atoms with Gasteiger partial charge >= 0.3 is 0 Å². The van der Waals surface area contributed by atoms with E-state index in [1.54, 1.807) is 20.8 Å². The Balaban J connectivity index is 0.00000196. The number of rotatable bonds is 3. The molecule has 0 spiro atoms. The lowest BCUT2D eigenvalue weighted by Crippen LogP contribution is -2.48. The number of aromatic amines is 1. The highest BCUT2D eigenvalue weighted by Crippen LogP contribution is 2.13. The molecule has 0 aliphatic rings. The number of amides is 1. The van der Waals surface area contributed by atoms with Gasteiger partial charge in [0.15, 0.2) is 5.82 Å². The largest absolute Gasteiger partial charge is 0.342 e. The highest BCUT2D eigenvalue weighted by atomic mass is 35.5. The van der Waals surface area contributed by atoms with Crippen LogP contribution >= 0.6 is 12.4 Å². The summed E-state index contributed by atoms with van der Waals surface area (Å²) >= 11 is 0. The van der Waals surface area contributed by atoms with Crippen molar-refractivity contribution in [2.24, 2.45) is 5.73 Å². The molecule has 0 saturated carbocycles. The third-order valence-corrected chi connectivity index (χ3v) is 1.75. The Hall–Kier alpha value is -1.21. The average Bonchev–Trinajstić information content (AvgIpc) is 2.54. The number of H-pyrrole nitrogens is 1. The second kappa shape index (κ2) is 5.04. The first-order chi connectivity index (χ1) is 6.43. The first kappa shape index (κ1) is 13.8. The van der Waals surface area contributed by atoms with Crippen LogP contribution in [0.15, 0.2) is 0 Å². The molecule has 0 aliphatic heterocycles. The van der Waals surface area contributed by atoms with Gasteiger partial charge in [-0.25, -0.2) is 0 Å². The Morgan fingerprint density at radius 1 is 1.60 bits per heavy atom. The SMILES string of the molecule is CC(N)C(=O)NC(C)(C)c1nn[nH]n1.Cl. The Kier molecular flexibility index (Phi) is 4.63. The van der Waals surface area contributed by atoms with E-state index in [1.165, 1.54) is 0 Å². The standard InChI is InChI=1S/C7H14N6O.ClH/c1-4(8)5(14)9-7(2,3)6-10-12-13-11-6;/h4H,8H2,1-3H3,(H,9,14)(H,10,11,12,13);1H. The van der Waals surface area contributed by atoms with Crippen LogP contribution < -0.4 is 11.1 Å². The van der Waals surface area contributed by atoms with Gasteiger partial charge in [-0.3, -0.25) is 4.79 Å². The number of halogens is 1. The molecule has 1 amide bonds. The third-order valence-electron chi connectivity index (χ3n) is 1.75. The second-order valence-electron chi connectivity index (χ2n) is 3.64. The van der Waals surface area contributed by atoms with Crippen molar-refractivity contribution in [1.82, 2.24) is 25.9 Å². The van der Waals surface area contributed by atoms with Gasteiger partial charge in [-0.05, 0) is 20.8 Å². The summed E-state index contributed by atoms with van der Waals surface area (Å²) < 4.78 is 0. The molecule has 1 aromatic heterocycles. The van der Waals surface area contributed by atoms with Gasteiger partial charge in [0, 0.05) is 0 Å². The first-order valence-corrected chi connectivity index (χ1v) is 4.25. The Morgan fingerprint density at radius 2 is 2.20 bits per heavy atom. The minimum atomic E-state index is -0.669. The predicted octanol–water partition coefficient (Wildman–Crippen LogP) is -0.680. The molecular weight excluding hydrogens is 220 g/mol. The molecule has 1 aromatic rings. The fourth-order valence-corrected chi connectivity index (χ4v) is 0.904. The summed E-state index contributed by atoms with van der Waals surface area (Å²) in [7, 11) is 0. The first-order valence-electron chi connectivity index (χ1n) is 4.25. The monoisotopic (exact) mass is 234 g/mol. The summed E-state index contributed by atoms with van der Waals surface area (Å²) in [5.41, 5.74) is 4.75. The molecular formula is C7H15ClN6O. The lowest BCUT2D eigenvalue weighted by atomic mass is 10.0. The Labute approximate surface area is 93.6 Å². The smallest absolute Gasteiger partial charge is 0.237 e. The van der Waals surface area contributed by atoms with Crippen molar-refractivity contribution in [1.29, 1.82) is 0 Å². The van der Waals surface area contributed by atoms with Crippen LogP contribution in [-0.4, -0.2) is 32.6 Å². The number of nitrogens with two attached hydrogens (primary N) is 1. The van der Waals surface area contributed by atoms with Crippen LogP contribution in [0, 0.1) is 0 Å².